The van der Waals surface area contributed by atoms with Gasteiger partial charge in [-0.2, -0.15) is 0 Å². The molecule has 0 radical (unpaired) electrons. The van der Waals surface area contributed by atoms with Gasteiger partial charge in [-0.15, -0.1) is 0 Å². The number of nitrogens with two attached hydrogens (primary N) is 1. The van der Waals surface area contributed by atoms with E-state index in [1.165, 1.54) is 6.07 Å². The Bertz CT molecular complexity index is 814. The van der Waals surface area contributed by atoms with E-state index in [0.29, 0.717) is 24.2 Å². The minimum atomic E-state index is -3.63. The summed E-state index contributed by atoms with van der Waals surface area (Å²) in [6.45, 7) is 7.06. The maximum atomic E-state index is 13.0. The van der Waals surface area contributed by atoms with E-state index in [9.17, 15) is 13.2 Å². The van der Waals surface area contributed by atoms with Crippen molar-refractivity contribution in [1.29, 1.82) is 0 Å². The van der Waals surface area contributed by atoms with Crippen LogP contribution in [0.25, 0.3) is 0 Å². The lowest BCUT2D eigenvalue weighted by Gasteiger charge is -2.42. The largest absolute Gasteiger partial charge is 0.338 e. The molecule has 6 nitrogen and oxygen atoms in total. The van der Waals surface area contributed by atoms with Crippen LogP contribution in [-0.2, 0) is 10.0 Å². The van der Waals surface area contributed by atoms with Crippen LogP contribution >= 0.6 is 0 Å². The Morgan fingerprint density at radius 1 is 1.22 bits per heavy atom. The summed E-state index contributed by atoms with van der Waals surface area (Å²) < 4.78 is 28.5. The Morgan fingerprint density at radius 2 is 1.89 bits per heavy atom. The summed E-state index contributed by atoms with van der Waals surface area (Å²) in [5.41, 5.74) is 7.08. The molecule has 1 saturated carbocycles. The Hall–Kier alpha value is -1.44. The van der Waals surface area contributed by atoms with Crippen LogP contribution in [0.5, 0.6) is 0 Å². The van der Waals surface area contributed by atoms with Crippen molar-refractivity contribution in [2.75, 3.05) is 13.1 Å². The summed E-state index contributed by atoms with van der Waals surface area (Å²) in [6.07, 6.45) is 4.61. The number of carbonyl (C=O) groups is 1. The normalized spacial score (nSPS) is 23.6. The lowest BCUT2D eigenvalue weighted by molar-refractivity contribution is 0.0532. The van der Waals surface area contributed by atoms with Crippen LogP contribution in [0.15, 0.2) is 23.1 Å². The van der Waals surface area contributed by atoms with Crippen molar-refractivity contribution in [2.24, 2.45) is 11.1 Å². The molecule has 0 spiro atoms. The van der Waals surface area contributed by atoms with Crippen molar-refractivity contribution in [2.45, 2.75) is 69.9 Å². The van der Waals surface area contributed by atoms with Gasteiger partial charge in [0, 0.05) is 30.7 Å². The highest BCUT2D eigenvalue weighted by atomic mass is 32.2. The molecule has 1 aromatic rings. The summed E-state index contributed by atoms with van der Waals surface area (Å²) in [5.74, 6) is -0.132. The first-order chi connectivity index (χ1) is 12.6. The molecule has 1 aliphatic heterocycles. The van der Waals surface area contributed by atoms with E-state index >= 15 is 0 Å². The molecule has 1 aromatic carbocycles. The highest BCUT2D eigenvalue weighted by Gasteiger charge is 2.36. The Labute approximate surface area is 162 Å². The van der Waals surface area contributed by atoms with Crippen molar-refractivity contribution in [1.82, 2.24) is 9.62 Å². The molecule has 0 bridgehead atoms. The molecule has 1 saturated heterocycles. The van der Waals surface area contributed by atoms with Gasteiger partial charge >= 0.3 is 0 Å². The van der Waals surface area contributed by atoms with Crippen LogP contribution in [0.1, 0.15) is 61.9 Å². The highest BCUT2D eigenvalue weighted by molar-refractivity contribution is 7.89. The molecule has 2 aliphatic rings. The van der Waals surface area contributed by atoms with E-state index in [1.54, 1.807) is 24.0 Å². The first-order valence-corrected chi connectivity index (χ1v) is 11.3. The first-order valence-electron chi connectivity index (χ1n) is 9.78. The van der Waals surface area contributed by atoms with Crippen LogP contribution in [0.3, 0.4) is 0 Å². The predicted molar refractivity (Wildman–Crippen MR) is 106 cm³/mol. The number of nitrogens with zero attached hydrogens (tertiary/aromatic N) is 1. The third-order valence-corrected chi connectivity index (χ3v) is 7.66. The first kappa shape index (κ1) is 20.3. The molecule has 1 atom stereocenters. The smallest absolute Gasteiger partial charge is 0.253 e. The summed E-state index contributed by atoms with van der Waals surface area (Å²) in [4.78, 5) is 15.0. The van der Waals surface area contributed by atoms with Gasteiger partial charge in [0.15, 0.2) is 0 Å². The van der Waals surface area contributed by atoms with Crippen LogP contribution in [0.4, 0.5) is 0 Å². The summed E-state index contributed by atoms with van der Waals surface area (Å²) >= 11 is 0. The van der Waals surface area contributed by atoms with Gasteiger partial charge in [-0.3, -0.25) is 4.79 Å². The minimum Gasteiger partial charge on any atom is -0.338 e. The maximum Gasteiger partial charge on any atom is 0.253 e. The topological polar surface area (TPSA) is 92.5 Å². The molecule has 7 heteroatoms. The number of aryl methyl sites for hydroxylation is 1. The Balaban J connectivity index is 1.83. The highest BCUT2D eigenvalue weighted by Crippen LogP contribution is 2.29. The van der Waals surface area contributed by atoms with Crippen molar-refractivity contribution in [3.8, 4) is 0 Å². The second kappa shape index (κ2) is 7.53. The quantitative estimate of drug-likeness (QED) is 0.822. The SMILES string of the molecule is Cc1ccc(C(=O)N2CCC(N)C(C)(C)C2)cc1S(=O)(=O)NC1CCCC1. The van der Waals surface area contributed by atoms with Gasteiger partial charge in [-0.1, -0.05) is 32.8 Å². The average molecular weight is 394 g/mol. The molecular weight excluding hydrogens is 362 g/mol. The number of likely N-dealkylation sites (tertiary alicyclic amines) is 1. The number of carbonyl (C=O) groups excluding carboxylic acids is 1. The van der Waals surface area contributed by atoms with Crippen LogP contribution in [0.2, 0.25) is 0 Å². The second-order valence-electron chi connectivity index (χ2n) is 8.69. The third kappa shape index (κ3) is 4.36. The molecule has 3 rings (SSSR count). The molecule has 3 N–H and O–H groups in total. The number of sulfonamides is 1. The number of rotatable bonds is 4. The van der Waals surface area contributed by atoms with Crippen LogP contribution in [0, 0.1) is 12.3 Å². The molecular formula is C20H31N3O3S. The van der Waals surface area contributed by atoms with E-state index in [-0.39, 0.29) is 28.3 Å². The monoisotopic (exact) mass is 393 g/mol. The standard InChI is InChI=1S/C20H31N3O3S/c1-14-8-9-15(19(24)23-11-10-18(21)20(2,3)13-23)12-17(14)27(25,26)22-16-6-4-5-7-16/h8-9,12,16,18,22H,4-7,10-11,13,21H2,1-3H3. The maximum absolute atomic E-state index is 13.0. The molecule has 1 unspecified atom stereocenters. The van der Waals surface area contributed by atoms with Crippen molar-refractivity contribution < 1.29 is 13.2 Å². The molecule has 150 valence electrons. The summed E-state index contributed by atoms with van der Waals surface area (Å²) in [7, 11) is -3.63. The number of amides is 1. The van der Waals surface area contributed by atoms with E-state index in [4.69, 9.17) is 5.73 Å². The van der Waals surface area contributed by atoms with Crippen LogP contribution in [-0.4, -0.2) is 44.4 Å². The fraction of sp³-hybridized carbons (Fsp3) is 0.650. The Kier molecular flexibility index (Phi) is 5.66. The van der Waals surface area contributed by atoms with Crippen molar-refractivity contribution in [3.63, 3.8) is 0 Å². The lowest BCUT2D eigenvalue weighted by Crippen LogP contribution is -2.54. The summed E-state index contributed by atoms with van der Waals surface area (Å²) in [6, 6.07) is 5.02. The second-order valence-corrected chi connectivity index (χ2v) is 10.4. The minimum absolute atomic E-state index is 0.00172. The number of hydrogen-bond acceptors (Lipinski definition) is 4. The van der Waals surface area contributed by atoms with Gasteiger partial charge in [-0.25, -0.2) is 13.1 Å². The molecule has 0 aromatic heterocycles. The van der Waals surface area contributed by atoms with Gasteiger partial charge < -0.3 is 10.6 Å². The zero-order valence-electron chi connectivity index (χ0n) is 16.5. The van der Waals surface area contributed by atoms with E-state index in [2.05, 4.69) is 18.6 Å². The Morgan fingerprint density at radius 3 is 2.52 bits per heavy atom. The third-order valence-electron chi connectivity index (χ3n) is 6.00. The molecule has 2 fully saturated rings. The van der Waals surface area contributed by atoms with Gasteiger partial charge in [0.25, 0.3) is 5.91 Å². The van der Waals surface area contributed by atoms with Gasteiger partial charge in [0.1, 0.15) is 0 Å². The number of hydrogen-bond donors (Lipinski definition) is 2. The molecule has 27 heavy (non-hydrogen) atoms. The van der Waals surface area contributed by atoms with Crippen LogP contribution < -0.4 is 10.5 Å². The van der Waals surface area contributed by atoms with Gasteiger partial charge in [0.2, 0.25) is 10.0 Å². The van der Waals surface area contributed by atoms with Gasteiger partial charge in [0.05, 0.1) is 4.90 Å². The molecule has 1 aliphatic carbocycles. The fourth-order valence-electron chi connectivity index (χ4n) is 4.08. The van der Waals surface area contributed by atoms with Crippen molar-refractivity contribution >= 4 is 15.9 Å². The molecule has 1 heterocycles. The number of nitrogens with one attached hydrogen (secondary N) is 1. The van der Waals surface area contributed by atoms with E-state index < -0.39 is 10.0 Å². The predicted octanol–water partition coefficient (Wildman–Crippen LogP) is 2.42. The van der Waals surface area contributed by atoms with E-state index in [0.717, 1.165) is 32.1 Å². The van der Waals surface area contributed by atoms with Gasteiger partial charge in [-0.05, 0) is 49.3 Å². The average Bonchev–Trinajstić information content (AvgIpc) is 3.09. The van der Waals surface area contributed by atoms with Crippen molar-refractivity contribution in [3.05, 3.63) is 29.3 Å². The fourth-order valence-corrected chi connectivity index (χ4v) is 5.65. The molecule has 1 amide bonds. The lowest BCUT2D eigenvalue weighted by atomic mass is 9.79. The number of piperidine rings is 1. The number of benzene rings is 1. The summed E-state index contributed by atoms with van der Waals surface area (Å²) in [5, 5.41) is 0. The zero-order chi connectivity index (χ0) is 19.8. The van der Waals surface area contributed by atoms with E-state index in [1.807, 2.05) is 0 Å². The zero-order valence-corrected chi connectivity index (χ0v) is 17.3.